The number of halogens is 2. The van der Waals surface area contributed by atoms with Crippen LogP contribution in [-0.4, -0.2) is 17.9 Å². The van der Waals surface area contributed by atoms with E-state index >= 15 is 0 Å². The molecular formula is C13H17F2NO. The maximum Gasteiger partial charge on any atom is 0.230 e. The number of alkyl halides is 2. The van der Waals surface area contributed by atoms with Crippen LogP contribution in [0.4, 0.5) is 8.78 Å². The number of benzene rings is 1. The summed E-state index contributed by atoms with van der Waals surface area (Å²) in [6, 6.07) is 6.73. The highest BCUT2D eigenvalue weighted by Crippen LogP contribution is 2.31. The normalized spacial score (nSPS) is 28.7. The summed E-state index contributed by atoms with van der Waals surface area (Å²) < 4.78 is 26.6. The van der Waals surface area contributed by atoms with Crippen molar-refractivity contribution in [3.63, 3.8) is 0 Å². The van der Waals surface area contributed by atoms with Crippen LogP contribution in [0.15, 0.2) is 24.3 Å². The molecule has 0 bridgehead atoms. The van der Waals surface area contributed by atoms with E-state index in [1.807, 2.05) is 6.07 Å². The Kier molecular flexibility index (Phi) is 3.45. The molecule has 17 heavy (non-hydrogen) atoms. The van der Waals surface area contributed by atoms with Gasteiger partial charge in [0.15, 0.2) is 6.30 Å². The molecule has 1 aromatic rings. The van der Waals surface area contributed by atoms with Crippen molar-refractivity contribution in [2.75, 3.05) is 6.54 Å². The second kappa shape index (κ2) is 4.70. The van der Waals surface area contributed by atoms with Crippen molar-refractivity contribution in [2.45, 2.75) is 37.8 Å². The average molecular weight is 241 g/mol. The summed E-state index contributed by atoms with van der Waals surface area (Å²) in [4.78, 5) is 0. The van der Waals surface area contributed by atoms with Crippen LogP contribution in [0.5, 0.6) is 0 Å². The van der Waals surface area contributed by atoms with Gasteiger partial charge in [-0.25, -0.2) is 8.78 Å². The lowest BCUT2D eigenvalue weighted by Crippen LogP contribution is -2.34. The molecule has 0 aliphatic carbocycles. The van der Waals surface area contributed by atoms with E-state index in [1.54, 1.807) is 12.1 Å². The van der Waals surface area contributed by atoms with E-state index in [-0.39, 0.29) is 11.5 Å². The SMILES string of the molecule is CC(O)(F)c1cccc(C2CCNC(F)C2)c1. The first kappa shape index (κ1) is 12.5. The zero-order chi connectivity index (χ0) is 12.5. The van der Waals surface area contributed by atoms with Crippen LogP contribution >= 0.6 is 0 Å². The topological polar surface area (TPSA) is 32.3 Å². The molecule has 3 unspecified atom stereocenters. The van der Waals surface area contributed by atoms with Gasteiger partial charge in [-0.15, -0.1) is 0 Å². The number of rotatable bonds is 2. The van der Waals surface area contributed by atoms with Crippen LogP contribution in [0.1, 0.15) is 36.8 Å². The zero-order valence-electron chi connectivity index (χ0n) is 9.79. The second-order valence-corrected chi connectivity index (χ2v) is 4.72. The number of aliphatic hydroxyl groups is 1. The molecule has 1 saturated heterocycles. The summed E-state index contributed by atoms with van der Waals surface area (Å²) in [7, 11) is 0. The zero-order valence-corrected chi connectivity index (χ0v) is 9.79. The summed E-state index contributed by atoms with van der Waals surface area (Å²) in [5.74, 6) is -2.24. The molecule has 1 fully saturated rings. The molecule has 1 aliphatic heterocycles. The van der Waals surface area contributed by atoms with Gasteiger partial charge in [-0.1, -0.05) is 18.2 Å². The van der Waals surface area contributed by atoms with Crippen LogP contribution in [-0.2, 0) is 5.85 Å². The Morgan fingerprint density at radius 2 is 2.24 bits per heavy atom. The first-order valence-electron chi connectivity index (χ1n) is 5.86. The third-order valence-corrected chi connectivity index (χ3v) is 3.23. The first-order valence-corrected chi connectivity index (χ1v) is 5.86. The molecule has 2 rings (SSSR count). The summed E-state index contributed by atoms with van der Waals surface area (Å²) in [6.45, 7) is 1.73. The van der Waals surface area contributed by atoms with Crippen LogP contribution < -0.4 is 5.32 Å². The van der Waals surface area contributed by atoms with Crippen molar-refractivity contribution in [2.24, 2.45) is 0 Å². The third kappa shape index (κ3) is 3.01. The van der Waals surface area contributed by atoms with Gasteiger partial charge >= 0.3 is 0 Å². The molecule has 1 aliphatic rings. The van der Waals surface area contributed by atoms with Crippen molar-refractivity contribution >= 4 is 0 Å². The highest BCUT2D eigenvalue weighted by atomic mass is 19.2. The molecule has 0 amide bonds. The molecule has 0 aromatic heterocycles. The van der Waals surface area contributed by atoms with Gasteiger partial charge in [-0.05, 0) is 43.9 Å². The fraction of sp³-hybridized carbons (Fsp3) is 0.538. The summed E-state index contributed by atoms with van der Waals surface area (Å²) in [5.41, 5.74) is 1.12. The molecule has 1 heterocycles. The molecule has 94 valence electrons. The van der Waals surface area contributed by atoms with Crippen LogP contribution in [0.2, 0.25) is 0 Å². The Hall–Kier alpha value is -1.00. The van der Waals surface area contributed by atoms with Crippen molar-refractivity contribution in [1.29, 1.82) is 0 Å². The lowest BCUT2D eigenvalue weighted by Gasteiger charge is -2.26. The monoisotopic (exact) mass is 241 g/mol. The number of hydrogen-bond acceptors (Lipinski definition) is 2. The first-order chi connectivity index (χ1) is 7.97. The Morgan fingerprint density at radius 1 is 1.47 bits per heavy atom. The minimum Gasteiger partial charge on any atom is -0.358 e. The van der Waals surface area contributed by atoms with Gasteiger partial charge in [-0.3, -0.25) is 5.32 Å². The Balaban J connectivity index is 2.21. The molecule has 0 spiro atoms. The lowest BCUT2D eigenvalue weighted by molar-refractivity contribution is -0.0769. The Labute approximate surface area is 99.7 Å². The average Bonchev–Trinajstić information content (AvgIpc) is 2.28. The van der Waals surface area contributed by atoms with Gasteiger partial charge in [0.1, 0.15) is 0 Å². The predicted molar refractivity (Wildman–Crippen MR) is 62.0 cm³/mol. The smallest absolute Gasteiger partial charge is 0.230 e. The Morgan fingerprint density at radius 3 is 2.88 bits per heavy atom. The summed E-state index contributed by atoms with van der Waals surface area (Å²) in [6.07, 6.45) is 0.235. The van der Waals surface area contributed by atoms with Gasteiger partial charge in [-0.2, -0.15) is 0 Å². The van der Waals surface area contributed by atoms with E-state index in [0.717, 1.165) is 18.9 Å². The van der Waals surface area contributed by atoms with Gasteiger partial charge < -0.3 is 5.11 Å². The molecule has 0 radical (unpaired) electrons. The minimum absolute atomic E-state index is 0.0912. The van der Waals surface area contributed by atoms with E-state index in [0.29, 0.717) is 13.0 Å². The van der Waals surface area contributed by atoms with Gasteiger partial charge in [0.05, 0.1) is 0 Å². The lowest BCUT2D eigenvalue weighted by atomic mass is 9.88. The molecule has 2 nitrogen and oxygen atoms in total. The van der Waals surface area contributed by atoms with Crippen molar-refractivity contribution in [3.05, 3.63) is 35.4 Å². The fourth-order valence-corrected chi connectivity index (χ4v) is 2.24. The van der Waals surface area contributed by atoms with E-state index in [9.17, 15) is 13.9 Å². The molecular weight excluding hydrogens is 224 g/mol. The molecule has 1 aromatic carbocycles. The van der Waals surface area contributed by atoms with Crippen LogP contribution in [0.25, 0.3) is 0 Å². The van der Waals surface area contributed by atoms with Gasteiger partial charge in [0.25, 0.3) is 0 Å². The summed E-state index contributed by atoms with van der Waals surface area (Å²) >= 11 is 0. The highest BCUT2D eigenvalue weighted by Gasteiger charge is 2.25. The molecule has 0 saturated carbocycles. The van der Waals surface area contributed by atoms with Crippen molar-refractivity contribution < 1.29 is 13.9 Å². The predicted octanol–water partition coefficient (Wildman–Crippen LogP) is 2.58. The molecule has 4 heteroatoms. The van der Waals surface area contributed by atoms with Crippen LogP contribution in [0.3, 0.4) is 0 Å². The van der Waals surface area contributed by atoms with E-state index in [4.69, 9.17) is 0 Å². The van der Waals surface area contributed by atoms with E-state index < -0.39 is 12.2 Å². The van der Waals surface area contributed by atoms with Crippen molar-refractivity contribution in [1.82, 2.24) is 5.32 Å². The number of hydrogen-bond donors (Lipinski definition) is 2. The molecule has 3 atom stereocenters. The largest absolute Gasteiger partial charge is 0.358 e. The number of nitrogens with one attached hydrogen (secondary N) is 1. The van der Waals surface area contributed by atoms with Gasteiger partial charge in [0.2, 0.25) is 5.85 Å². The maximum absolute atomic E-state index is 13.4. The standard InChI is InChI=1S/C13H17F2NO/c1-13(15,17)11-4-2-3-9(7-11)10-5-6-16-12(14)8-10/h2-4,7,10,12,16-17H,5-6,8H2,1H3. The quantitative estimate of drug-likeness (QED) is 0.780. The maximum atomic E-state index is 13.4. The fourth-order valence-electron chi connectivity index (χ4n) is 2.24. The van der Waals surface area contributed by atoms with Crippen LogP contribution in [0, 0.1) is 0 Å². The highest BCUT2D eigenvalue weighted by molar-refractivity contribution is 5.29. The summed E-state index contributed by atoms with van der Waals surface area (Å²) in [5, 5.41) is 12.0. The number of piperidine rings is 1. The minimum atomic E-state index is -2.34. The van der Waals surface area contributed by atoms with Crippen molar-refractivity contribution in [3.8, 4) is 0 Å². The second-order valence-electron chi connectivity index (χ2n) is 4.72. The molecule has 2 N–H and O–H groups in total. The van der Waals surface area contributed by atoms with Gasteiger partial charge in [0, 0.05) is 5.56 Å². The third-order valence-electron chi connectivity index (χ3n) is 3.23. The van der Waals surface area contributed by atoms with E-state index in [1.165, 1.54) is 6.07 Å². The Bertz CT molecular complexity index is 389. The van der Waals surface area contributed by atoms with E-state index in [2.05, 4.69) is 5.32 Å².